The van der Waals surface area contributed by atoms with E-state index in [-0.39, 0.29) is 17.4 Å². The largest absolute Gasteiger partial charge is 0.416 e. The average Bonchev–Trinajstić information content (AvgIpc) is 2.72. The molecule has 148 valence electrons. The third-order valence-electron chi connectivity index (χ3n) is 4.83. The van der Waals surface area contributed by atoms with E-state index in [0.717, 1.165) is 25.0 Å². The van der Waals surface area contributed by atoms with Crippen LogP contribution in [0.5, 0.6) is 0 Å². The Morgan fingerprint density at radius 2 is 1.75 bits per heavy atom. The maximum atomic E-state index is 12.8. The van der Waals surface area contributed by atoms with Gasteiger partial charge in [0.25, 0.3) is 11.8 Å². The Labute approximate surface area is 160 Å². The van der Waals surface area contributed by atoms with Crippen molar-refractivity contribution in [2.45, 2.75) is 19.0 Å². The smallest absolute Gasteiger partial charge is 0.352 e. The summed E-state index contributed by atoms with van der Waals surface area (Å²) in [5.74, 6) is -0.397. The fourth-order valence-electron chi connectivity index (χ4n) is 3.19. The number of carbonyl (C=O) groups is 2. The highest BCUT2D eigenvalue weighted by Crippen LogP contribution is 2.29. The number of nitrogens with one attached hydrogen (secondary N) is 1. The SMILES string of the molecule is O=C(NCC1CCN(C(=O)c2ccncc2)CC1)c1cccc(C(F)(F)F)c1. The number of piperidine rings is 1. The number of hydrogen-bond donors (Lipinski definition) is 1. The number of benzene rings is 1. The van der Waals surface area contributed by atoms with Crippen LogP contribution in [0.3, 0.4) is 0 Å². The minimum Gasteiger partial charge on any atom is -0.352 e. The van der Waals surface area contributed by atoms with Crippen molar-refractivity contribution >= 4 is 11.8 Å². The van der Waals surface area contributed by atoms with Gasteiger partial charge < -0.3 is 10.2 Å². The quantitative estimate of drug-likeness (QED) is 0.869. The standard InChI is InChI=1S/C20H20F3N3O2/c21-20(22,23)17-3-1-2-16(12-17)18(27)25-13-14-6-10-26(11-7-14)19(28)15-4-8-24-9-5-15/h1-5,8-9,12,14H,6-7,10-11,13H2,(H,25,27). The Morgan fingerprint density at radius 1 is 1.07 bits per heavy atom. The molecule has 1 N–H and O–H groups in total. The van der Waals surface area contributed by atoms with Crippen molar-refractivity contribution in [3.8, 4) is 0 Å². The first kappa shape index (κ1) is 19.9. The summed E-state index contributed by atoms with van der Waals surface area (Å²) >= 11 is 0. The molecule has 0 atom stereocenters. The molecule has 1 fully saturated rings. The normalized spacial score (nSPS) is 15.3. The van der Waals surface area contributed by atoms with E-state index in [1.807, 2.05) is 0 Å². The van der Waals surface area contributed by atoms with Crippen molar-refractivity contribution in [3.63, 3.8) is 0 Å². The first-order valence-corrected chi connectivity index (χ1v) is 8.99. The average molecular weight is 391 g/mol. The topological polar surface area (TPSA) is 62.3 Å². The lowest BCUT2D eigenvalue weighted by molar-refractivity contribution is -0.137. The lowest BCUT2D eigenvalue weighted by Gasteiger charge is -2.32. The highest BCUT2D eigenvalue weighted by Gasteiger charge is 2.31. The van der Waals surface area contributed by atoms with E-state index in [4.69, 9.17) is 0 Å². The zero-order valence-electron chi connectivity index (χ0n) is 15.1. The molecule has 0 saturated carbocycles. The molecule has 0 bridgehead atoms. The van der Waals surface area contributed by atoms with Gasteiger partial charge in [0.2, 0.25) is 0 Å². The zero-order chi connectivity index (χ0) is 20.1. The maximum Gasteiger partial charge on any atom is 0.416 e. The lowest BCUT2D eigenvalue weighted by Crippen LogP contribution is -2.41. The van der Waals surface area contributed by atoms with E-state index in [9.17, 15) is 22.8 Å². The monoisotopic (exact) mass is 391 g/mol. The van der Waals surface area contributed by atoms with Crippen LogP contribution in [0.15, 0.2) is 48.8 Å². The molecule has 2 aromatic rings. The number of rotatable bonds is 4. The summed E-state index contributed by atoms with van der Waals surface area (Å²) in [7, 11) is 0. The summed E-state index contributed by atoms with van der Waals surface area (Å²) in [6, 6.07) is 7.71. The molecule has 1 aliphatic heterocycles. The van der Waals surface area contributed by atoms with E-state index in [1.54, 1.807) is 29.4 Å². The summed E-state index contributed by atoms with van der Waals surface area (Å²) in [5, 5.41) is 2.71. The maximum absolute atomic E-state index is 12.8. The van der Waals surface area contributed by atoms with Gasteiger partial charge in [0.05, 0.1) is 5.56 Å². The van der Waals surface area contributed by atoms with E-state index < -0.39 is 17.6 Å². The minimum absolute atomic E-state index is 0.0138. The Kier molecular flexibility index (Phi) is 5.96. The first-order chi connectivity index (χ1) is 13.3. The molecule has 5 nitrogen and oxygen atoms in total. The van der Waals surface area contributed by atoms with Crippen LogP contribution in [0.2, 0.25) is 0 Å². The molecule has 1 aliphatic rings. The molecule has 3 rings (SSSR count). The molecular weight excluding hydrogens is 371 g/mol. The summed E-state index contributed by atoms with van der Waals surface area (Å²) in [6.07, 6.45) is 0.108. The number of aromatic nitrogens is 1. The van der Waals surface area contributed by atoms with E-state index in [1.165, 1.54) is 12.1 Å². The van der Waals surface area contributed by atoms with Gasteiger partial charge in [-0.1, -0.05) is 6.07 Å². The molecule has 1 saturated heterocycles. The van der Waals surface area contributed by atoms with Gasteiger partial charge >= 0.3 is 6.18 Å². The van der Waals surface area contributed by atoms with Gasteiger partial charge in [0, 0.05) is 43.2 Å². The molecule has 28 heavy (non-hydrogen) atoms. The van der Waals surface area contributed by atoms with Crippen molar-refractivity contribution in [2.75, 3.05) is 19.6 Å². The van der Waals surface area contributed by atoms with Crippen molar-refractivity contribution in [1.29, 1.82) is 0 Å². The molecule has 1 aromatic heterocycles. The first-order valence-electron chi connectivity index (χ1n) is 8.99. The van der Waals surface area contributed by atoms with Gasteiger partial charge in [0.1, 0.15) is 0 Å². The van der Waals surface area contributed by atoms with Crippen LogP contribution in [0.25, 0.3) is 0 Å². The van der Waals surface area contributed by atoms with Gasteiger partial charge in [-0.25, -0.2) is 0 Å². The Bertz CT molecular complexity index is 832. The number of carbonyl (C=O) groups excluding carboxylic acids is 2. The van der Waals surface area contributed by atoms with Gasteiger partial charge in [-0.15, -0.1) is 0 Å². The minimum atomic E-state index is -4.48. The number of amides is 2. The number of alkyl halides is 3. The van der Waals surface area contributed by atoms with Crippen LogP contribution in [-0.2, 0) is 6.18 Å². The number of pyridine rings is 1. The molecule has 1 aromatic carbocycles. The van der Waals surface area contributed by atoms with Crippen LogP contribution in [-0.4, -0.2) is 41.3 Å². The van der Waals surface area contributed by atoms with E-state index in [0.29, 0.717) is 25.2 Å². The second kappa shape index (κ2) is 8.41. The summed E-state index contributed by atoms with van der Waals surface area (Å²) in [5.41, 5.74) is -0.269. The van der Waals surface area contributed by atoms with Gasteiger partial charge in [-0.3, -0.25) is 14.6 Å². The van der Waals surface area contributed by atoms with E-state index >= 15 is 0 Å². The number of nitrogens with zero attached hydrogens (tertiary/aromatic N) is 2. The highest BCUT2D eigenvalue weighted by molar-refractivity contribution is 5.94. The van der Waals surface area contributed by atoms with Crippen molar-refractivity contribution in [2.24, 2.45) is 5.92 Å². The fourth-order valence-corrected chi connectivity index (χ4v) is 3.19. The van der Waals surface area contributed by atoms with Gasteiger partial charge in [-0.2, -0.15) is 13.2 Å². The molecule has 0 aliphatic carbocycles. The third-order valence-corrected chi connectivity index (χ3v) is 4.83. The molecule has 2 amide bonds. The predicted octanol–water partition coefficient (Wildman–Crippen LogP) is 3.38. The summed E-state index contributed by atoms with van der Waals surface area (Å²) in [4.78, 5) is 30.2. The van der Waals surface area contributed by atoms with Crippen LogP contribution in [0.4, 0.5) is 13.2 Å². The van der Waals surface area contributed by atoms with Crippen LogP contribution < -0.4 is 5.32 Å². The fraction of sp³-hybridized carbons (Fsp3) is 0.350. The Hall–Kier alpha value is -2.90. The van der Waals surface area contributed by atoms with Gasteiger partial charge in [-0.05, 0) is 49.1 Å². The van der Waals surface area contributed by atoms with E-state index in [2.05, 4.69) is 10.3 Å². The lowest BCUT2D eigenvalue weighted by atomic mass is 9.96. The van der Waals surface area contributed by atoms with Crippen LogP contribution >= 0.6 is 0 Å². The Morgan fingerprint density at radius 3 is 2.39 bits per heavy atom. The summed E-state index contributed by atoms with van der Waals surface area (Å²) in [6.45, 7) is 1.52. The molecule has 2 heterocycles. The number of halogens is 3. The zero-order valence-corrected chi connectivity index (χ0v) is 15.1. The molecule has 0 unspecified atom stereocenters. The highest BCUT2D eigenvalue weighted by atomic mass is 19.4. The second-order valence-corrected chi connectivity index (χ2v) is 6.76. The van der Waals surface area contributed by atoms with Crippen molar-refractivity contribution < 1.29 is 22.8 Å². The number of likely N-dealkylation sites (tertiary alicyclic amines) is 1. The third kappa shape index (κ3) is 4.88. The Balaban J connectivity index is 1.49. The predicted molar refractivity (Wildman–Crippen MR) is 96.6 cm³/mol. The molecule has 8 heteroatoms. The molecule has 0 spiro atoms. The van der Waals surface area contributed by atoms with Crippen LogP contribution in [0, 0.1) is 5.92 Å². The van der Waals surface area contributed by atoms with Crippen molar-refractivity contribution in [3.05, 3.63) is 65.5 Å². The van der Waals surface area contributed by atoms with Crippen LogP contribution in [0.1, 0.15) is 39.1 Å². The molecule has 0 radical (unpaired) electrons. The number of hydrogen-bond acceptors (Lipinski definition) is 3. The molecular formula is C20H20F3N3O2. The van der Waals surface area contributed by atoms with Gasteiger partial charge in [0.15, 0.2) is 0 Å². The summed E-state index contributed by atoms with van der Waals surface area (Å²) < 4.78 is 38.3. The second-order valence-electron chi connectivity index (χ2n) is 6.76. The van der Waals surface area contributed by atoms with Crippen molar-refractivity contribution in [1.82, 2.24) is 15.2 Å².